The number of anilines is 1. The van der Waals surface area contributed by atoms with Gasteiger partial charge in [-0.3, -0.25) is 9.69 Å². The Hall–Kier alpha value is -2.18. The third-order valence-corrected chi connectivity index (χ3v) is 6.29. The number of likely N-dealkylation sites (tertiary alicyclic amines) is 1. The Labute approximate surface area is 177 Å². The maximum atomic E-state index is 13.0. The zero-order valence-corrected chi connectivity index (χ0v) is 17.4. The number of nitrogens with one attached hydrogen (secondary N) is 1. The molecule has 4 rings (SSSR count). The van der Waals surface area contributed by atoms with E-state index in [9.17, 15) is 4.79 Å². The van der Waals surface area contributed by atoms with E-state index < -0.39 is 0 Å². The molecule has 1 aromatic heterocycles. The molecular formula is C22H28ClN5O. The molecular weight excluding hydrogens is 386 g/mol. The maximum absolute atomic E-state index is 13.0. The minimum atomic E-state index is -0.0435. The third kappa shape index (κ3) is 4.87. The van der Waals surface area contributed by atoms with Crippen LogP contribution in [-0.4, -0.2) is 53.5 Å². The van der Waals surface area contributed by atoms with Crippen LogP contribution in [0.4, 0.5) is 5.95 Å². The van der Waals surface area contributed by atoms with Crippen molar-refractivity contribution in [3.05, 3.63) is 53.3 Å². The molecule has 0 bridgehead atoms. The fourth-order valence-electron chi connectivity index (χ4n) is 4.40. The first kappa shape index (κ1) is 20.1. The quantitative estimate of drug-likeness (QED) is 0.787. The van der Waals surface area contributed by atoms with Gasteiger partial charge in [0.05, 0.1) is 12.0 Å². The van der Waals surface area contributed by atoms with Crippen LogP contribution < -0.4 is 10.2 Å². The number of benzene rings is 1. The topological polar surface area (TPSA) is 61.4 Å². The summed E-state index contributed by atoms with van der Waals surface area (Å²) in [7, 11) is 0. The Bertz CT molecular complexity index is 812. The van der Waals surface area contributed by atoms with E-state index >= 15 is 0 Å². The van der Waals surface area contributed by atoms with Crippen molar-refractivity contribution in [2.24, 2.45) is 5.92 Å². The van der Waals surface area contributed by atoms with Crippen LogP contribution in [0, 0.1) is 5.92 Å². The van der Waals surface area contributed by atoms with Gasteiger partial charge in [0.2, 0.25) is 11.9 Å². The monoisotopic (exact) mass is 413 g/mol. The van der Waals surface area contributed by atoms with Crippen LogP contribution >= 0.6 is 11.6 Å². The molecule has 3 heterocycles. The smallest absolute Gasteiger partial charge is 0.225 e. The summed E-state index contributed by atoms with van der Waals surface area (Å²) in [5, 5.41) is 3.99. The highest BCUT2D eigenvalue weighted by Gasteiger charge is 2.29. The van der Waals surface area contributed by atoms with Crippen molar-refractivity contribution in [2.45, 2.75) is 31.7 Å². The maximum Gasteiger partial charge on any atom is 0.225 e. The predicted octanol–water partition coefficient (Wildman–Crippen LogP) is 3.30. The molecule has 2 aliphatic heterocycles. The van der Waals surface area contributed by atoms with Gasteiger partial charge >= 0.3 is 0 Å². The van der Waals surface area contributed by atoms with Gasteiger partial charge in [-0.25, -0.2) is 9.97 Å². The van der Waals surface area contributed by atoms with Gasteiger partial charge in [-0.05, 0) is 56.5 Å². The van der Waals surface area contributed by atoms with E-state index in [1.807, 2.05) is 24.3 Å². The van der Waals surface area contributed by atoms with E-state index in [2.05, 4.69) is 31.2 Å². The molecule has 2 fully saturated rings. The summed E-state index contributed by atoms with van der Waals surface area (Å²) in [6, 6.07) is 9.91. The third-order valence-electron chi connectivity index (χ3n) is 5.94. The van der Waals surface area contributed by atoms with E-state index in [-0.39, 0.29) is 17.9 Å². The summed E-state index contributed by atoms with van der Waals surface area (Å²) in [6.07, 6.45) is 7.76. The lowest BCUT2D eigenvalue weighted by molar-refractivity contribution is -0.125. The number of halogens is 1. The van der Waals surface area contributed by atoms with Gasteiger partial charge in [-0.15, -0.1) is 0 Å². The number of hydrogen-bond donors (Lipinski definition) is 1. The second-order valence-corrected chi connectivity index (χ2v) is 8.27. The number of aromatic nitrogens is 2. The van der Waals surface area contributed by atoms with Gasteiger partial charge in [0, 0.05) is 37.1 Å². The van der Waals surface area contributed by atoms with Crippen molar-refractivity contribution in [1.82, 2.24) is 20.2 Å². The number of hydrogen-bond acceptors (Lipinski definition) is 5. The zero-order valence-electron chi connectivity index (χ0n) is 16.6. The van der Waals surface area contributed by atoms with Gasteiger partial charge in [-0.1, -0.05) is 29.8 Å². The first-order valence-electron chi connectivity index (χ1n) is 10.5. The van der Waals surface area contributed by atoms with Crippen molar-refractivity contribution in [1.29, 1.82) is 0 Å². The Morgan fingerprint density at radius 1 is 1.10 bits per heavy atom. The molecule has 2 atom stereocenters. The number of amides is 1. The highest BCUT2D eigenvalue weighted by atomic mass is 35.5. The lowest BCUT2D eigenvalue weighted by Gasteiger charge is -2.33. The van der Waals surface area contributed by atoms with E-state index in [1.165, 1.54) is 12.8 Å². The molecule has 7 heteroatoms. The number of nitrogens with zero attached hydrogens (tertiary/aromatic N) is 4. The zero-order chi connectivity index (χ0) is 20.1. The van der Waals surface area contributed by atoms with Gasteiger partial charge in [0.25, 0.3) is 0 Å². The van der Waals surface area contributed by atoms with Gasteiger partial charge < -0.3 is 10.2 Å². The van der Waals surface area contributed by atoms with Gasteiger partial charge in [-0.2, -0.15) is 0 Å². The fourth-order valence-corrected chi connectivity index (χ4v) is 4.66. The summed E-state index contributed by atoms with van der Waals surface area (Å²) in [5.41, 5.74) is 1.10. The molecule has 29 heavy (non-hydrogen) atoms. The Kier molecular flexibility index (Phi) is 6.62. The summed E-state index contributed by atoms with van der Waals surface area (Å²) < 4.78 is 0. The number of rotatable bonds is 6. The minimum Gasteiger partial charge on any atom is -0.354 e. The average molecular weight is 414 g/mol. The molecule has 0 radical (unpaired) electrons. The molecule has 2 aliphatic rings. The van der Waals surface area contributed by atoms with Crippen LogP contribution in [0.15, 0.2) is 42.7 Å². The van der Waals surface area contributed by atoms with Crippen molar-refractivity contribution in [3.8, 4) is 0 Å². The normalized spacial score (nSPS) is 21.1. The standard InChI is InChI=1S/C22H28ClN5O/c23-19-9-2-1-8-18(19)20(27-12-3-4-13-27)15-26-21(29)17-7-5-14-28(16-17)22-24-10-6-11-25-22/h1-2,6,8-11,17,20H,3-5,7,12-16H2,(H,26,29)/t17-,20+/m1/s1. The van der Waals surface area contributed by atoms with Crippen molar-refractivity contribution >= 4 is 23.5 Å². The van der Waals surface area contributed by atoms with Crippen molar-refractivity contribution < 1.29 is 4.79 Å². The summed E-state index contributed by atoms with van der Waals surface area (Å²) in [5.74, 6) is 0.774. The summed E-state index contributed by atoms with van der Waals surface area (Å²) >= 11 is 6.49. The molecule has 6 nitrogen and oxygen atoms in total. The van der Waals surface area contributed by atoms with Crippen molar-refractivity contribution in [2.75, 3.05) is 37.6 Å². The Morgan fingerprint density at radius 2 is 1.86 bits per heavy atom. The molecule has 0 aliphatic carbocycles. The lowest BCUT2D eigenvalue weighted by atomic mass is 9.97. The van der Waals surface area contributed by atoms with Crippen LogP contribution in [-0.2, 0) is 4.79 Å². The Morgan fingerprint density at radius 3 is 2.62 bits per heavy atom. The molecule has 154 valence electrons. The molecule has 0 spiro atoms. The van der Waals surface area contributed by atoms with Crippen LogP contribution in [0.5, 0.6) is 0 Å². The van der Waals surface area contributed by atoms with Crippen LogP contribution in [0.3, 0.4) is 0 Å². The van der Waals surface area contributed by atoms with Gasteiger partial charge in [0.1, 0.15) is 0 Å². The van der Waals surface area contributed by atoms with Crippen LogP contribution in [0.2, 0.25) is 5.02 Å². The minimum absolute atomic E-state index is 0.0435. The highest BCUT2D eigenvalue weighted by Crippen LogP contribution is 2.30. The molecule has 0 saturated carbocycles. The second-order valence-electron chi connectivity index (χ2n) is 7.86. The molecule has 1 N–H and O–H groups in total. The predicted molar refractivity (Wildman–Crippen MR) is 115 cm³/mol. The van der Waals surface area contributed by atoms with Crippen LogP contribution in [0.25, 0.3) is 0 Å². The number of piperidine rings is 1. The van der Waals surface area contributed by atoms with E-state index in [0.29, 0.717) is 19.0 Å². The molecule has 0 unspecified atom stereocenters. The molecule has 2 aromatic rings. The largest absolute Gasteiger partial charge is 0.354 e. The SMILES string of the molecule is O=C(NC[C@@H](c1ccccc1Cl)N1CCCC1)[C@@H]1CCCN(c2ncccn2)C1. The molecule has 2 saturated heterocycles. The fraction of sp³-hybridized carbons (Fsp3) is 0.500. The first-order valence-corrected chi connectivity index (χ1v) is 10.9. The lowest BCUT2D eigenvalue weighted by Crippen LogP contribution is -2.45. The Balaban J connectivity index is 1.40. The van der Waals surface area contributed by atoms with E-state index in [0.717, 1.165) is 43.1 Å². The average Bonchev–Trinajstić information content (AvgIpc) is 3.30. The number of carbonyl (C=O) groups excluding carboxylic acids is 1. The summed E-state index contributed by atoms with van der Waals surface area (Å²) in [6.45, 7) is 4.24. The van der Waals surface area contributed by atoms with E-state index in [4.69, 9.17) is 11.6 Å². The van der Waals surface area contributed by atoms with E-state index in [1.54, 1.807) is 12.4 Å². The second kappa shape index (κ2) is 9.55. The molecule has 1 aromatic carbocycles. The van der Waals surface area contributed by atoms with Crippen molar-refractivity contribution in [3.63, 3.8) is 0 Å². The van der Waals surface area contributed by atoms with Gasteiger partial charge in [0.15, 0.2) is 0 Å². The van der Waals surface area contributed by atoms with Crippen LogP contribution in [0.1, 0.15) is 37.3 Å². The summed E-state index contributed by atoms with van der Waals surface area (Å²) in [4.78, 5) is 26.2. The molecule has 1 amide bonds. The number of carbonyl (C=O) groups is 1. The highest BCUT2D eigenvalue weighted by molar-refractivity contribution is 6.31. The first-order chi connectivity index (χ1) is 14.2.